The van der Waals surface area contributed by atoms with E-state index in [4.69, 9.17) is 21.4 Å². The molecule has 3 heterocycles. The van der Waals surface area contributed by atoms with Crippen molar-refractivity contribution in [2.24, 2.45) is 15.7 Å². The molecule has 0 amide bonds. The van der Waals surface area contributed by atoms with Gasteiger partial charge in [0.15, 0.2) is 0 Å². The summed E-state index contributed by atoms with van der Waals surface area (Å²) in [6.45, 7) is 1.11. The summed E-state index contributed by atoms with van der Waals surface area (Å²) in [7, 11) is 0. The van der Waals surface area contributed by atoms with Crippen LogP contribution in [0.2, 0.25) is 0 Å². The van der Waals surface area contributed by atoms with Gasteiger partial charge >= 0.3 is 0 Å². The molecule has 3 rings (SSSR count). The van der Waals surface area contributed by atoms with E-state index in [-0.39, 0.29) is 12.4 Å². The summed E-state index contributed by atoms with van der Waals surface area (Å²) < 4.78 is 0. The maximum atomic E-state index is 9.30. The minimum absolute atomic E-state index is 0.185. The number of H-pyrrole nitrogens is 1. The number of guanidine groups is 1. The van der Waals surface area contributed by atoms with Crippen LogP contribution in [0.4, 0.5) is 0 Å². The largest absolute Gasteiger partial charge is 0.369 e. The van der Waals surface area contributed by atoms with Crippen molar-refractivity contribution in [2.45, 2.75) is 30.7 Å². The van der Waals surface area contributed by atoms with Gasteiger partial charge in [-0.25, -0.2) is 9.97 Å². The van der Waals surface area contributed by atoms with Gasteiger partial charge in [0.2, 0.25) is 12.2 Å². The van der Waals surface area contributed by atoms with Crippen molar-refractivity contribution >= 4 is 29.4 Å². The molecule has 0 saturated carbocycles. The Balaban J connectivity index is 1.82. The monoisotopic (exact) mass is 376 g/mol. The van der Waals surface area contributed by atoms with Gasteiger partial charge in [0.25, 0.3) is 0 Å². The SMILES string of the molecule is N#CCC1(N=CC(C=N)c2ncnc3[nH]ccc23)CCN(C(N)=NC#N)CC1. The molecule has 0 aliphatic carbocycles. The van der Waals surface area contributed by atoms with E-state index in [1.807, 2.05) is 11.0 Å². The lowest BCUT2D eigenvalue weighted by Gasteiger charge is -2.38. The first-order valence-electron chi connectivity index (χ1n) is 8.80. The fourth-order valence-electron chi connectivity index (χ4n) is 3.36. The number of aliphatic imine (C=N–C) groups is 2. The Hall–Kier alpha value is -3.79. The van der Waals surface area contributed by atoms with Crippen molar-refractivity contribution in [3.63, 3.8) is 0 Å². The first-order chi connectivity index (χ1) is 13.6. The second kappa shape index (κ2) is 8.27. The summed E-state index contributed by atoms with van der Waals surface area (Å²) in [6, 6.07) is 4.09. The highest BCUT2D eigenvalue weighted by Crippen LogP contribution is 2.30. The maximum absolute atomic E-state index is 9.30. The second-order valence-corrected chi connectivity index (χ2v) is 6.59. The van der Waals surface area contributed by atoms with Crippen LogP contribution < -0.4 is 5.73 Å². The quantitative estimate of drug-likeness (QED) is 0.404. The molecule has 1 aliphatic heterocycles. The first kappa shape index (κ1) is 19.0. The van der Waals surface area contributed by atoms with Gasteiger partial charge in [-0.3, -0.25) is 4.99 Å². The fourth-order valence-corrected chi connectivity index (χ4v) is 3.36. The smallest absolute Gasteiger partial charge is 0.209 e. The number of likely N-dealkylation sites (tertiary alicyclic amines) is 1. The van der Waals surface area contributed by atoms with Crippen LogP contribution in [0.25, 0.3) is 11.0 Å². The number of nitrogens with zero attached hydrogens (tertiary/aromatic N) is 7. The van der Waals surface area contributed by atoms with Crippen LogP contribution in [0.3, 0.4) is 0 Å². The predicted octanol–water partition coefficient (Wildman–Crippen LogP) is 1.31. The van der Waals surface area contributed by atoms with Gasteiger partial charge in [-0.1, -0.05) is 0 Å². The van der Waals surface area contributed by atoms with Crippen molar-refractivity contribution in [1.29, 1.82) is 15.9 Å². The standard InChI is InChI=1S/C18H20N10/c19-5-2-18(3-7-28(8-4-18)17(22)24-11-21)27-10-13(9-20)15-14-1-6-23-16(14)26-12-25-15/h1,6,9-10,12-13,20H,2-4,7-8H2,(H2,22,24)(H,23,25,26). The molecule has 142 valence electrons. The summed E-state index contributed by atoms with van der Waals surface area (Å²) in [6.07, 6.45) is 9.38. The molecule has 10 heteroatoms. The molecule has 0 radical (unpaired) electrons. The van der Waals surface area contributed by atoms with E-state index in [1.54, 1.807) is 18.6 Å². The number of piperidine rings is 1. The topological polar surface area (TPSA) is 167 Å². The number of nitrogens with one attached hydrogen (secondary N) is 2. The van der Waals surface area contributed by atoms with E-state index in [0.717, 1.165) is 5.39 Å². The van der Waals surface area contributed by atoms with E-state index in [9.17, 15) is 5.26 Å². The van der Waals surface area contributed by atoms with Gasteiger partial charge in [-0.2, -0.15) is 10.5 Å². The van der Waals surface area contributed by atoms with Crippen LogP contribution in [-0.4, -0.2) is 56.9 Å². The number of nitriles is 2. The number of fused-ring (bicyclic) bond motifs is 1. The number of aromatic nitrogens is 3. The lowest BCUT2D eigenvalue weighted by molar-refractivity contribution is 0.232. The Bertz CT molecular complexity index is 982. The molecular formula is C18H20N10. The van der Waals surface area contributed by atoms with Gasteiger partial charge in [-0.05, 0) is 18.9 Å². The number of rotatable bonds is 5. The van der Waals surface area contributed by atoms with E-state index < -0.39 is 11.5 Å². The lowest BCUT2D eigenvalue weighted by Crippen LogP contribution is -2.48. The third-order valence-corrected chi connectivity index (χ3v) is 4.98. The number of hydrogen-bond donors (Lipinski definition) is 3. The second-order valence-electron chi connectivity index (χ2n) is 6.59. The summed E-state index contributed by atoms with van der Waals surface area (Å²) in [5, 5.41) is 26.6. The van der Waals surface area contributed by atoms with Crippen LogP contribution in [0.15, 0.2) is 28.6 Å². The van der Waals surface area contributed by atoms with Crippen LogP contribution in [0, 0.1) is 28.2 Å². The Kier molecular flexibility index (Phi) is 5.61. The summed E-state index contributed by atoms with van der Waals surface area (Å²) >= 11 is 0. The highest BCUT2D eigenvalue weighted by Gasteiger charge is 2.34. The van der Waals surface area contributed by atoms with Crippen molar-refractivity contribution in [1.82, 2.24) is 19.9 Å². The van der Waals surface area contributed by atoms with Gasteiger partial charge in [0, 0.05) is 37.1 Å². The van der Waals surface area contributed by atoms with Crippen molar-refractivity contribution < 1.29 is 0 Å². The highest BCUT2D eigenvalue weighted by atomic mass is 15.3. The minimum Gasteiger partial charge on any atom is -0.369 e. The summed E-state index contributed by atoms with van der Waals surface area (Å²) in [5.74, 6) is -0.231. The molecule has 0 bridgehead atoms. The minimum atomic E-state index is -0.552. The molecule has 28 heavy (non-hydrogen) atoms. The van der Waals surface area contributed by atoms with Crippen LogP contribution >= 0.6 is 0 Å². The summed E-state index contributed by atoms with van der Waals surface area (Å²) in [5.41, 5.74) is 6.64. The van der Waals surface area contributed by atoms with Crippen LogP contribution in [-0.2, 0) is 0 Å². The average Bonchev–Trinajstić information content (AvgIpc) is 3.19. The third kappa shape index (κ3) is 3.81. The average molecular weight is 376 g/mol. The third-order valence-electron chi connectivity index (χ3n) is 4.98. The molecule has 10 nitrogen and oxygen atoms in total. The molecule has 2 aromatic heterocycles. The van der Waals surface area contributed by atoms with E-state index in [2.05, 4.69) is 26.0 Å². The molecule has 0 spiro atoms. The zero-order valence-electron chi connectivity index (χ0n) is 15.2. The Morgan fingerprint density at radius 3 is 2.89 bits per heavy atom. The van der Waals surface area contributed by atoms with Crippen molar-refractivity contribution in [2.75, 3.05) is 13.1 Å². The molecule has 1 atom stereocenters. The van der Waals surface area contributed by atoms with E-state index in [0.29, 0.717) is 37.3 Å². The fraction of sp³-hybridized carbons (Fsp3) is 0.389. The van der Waals surface area contributed by atoms with Crippen molar-refractivity contribution in [3.8, 4) is 12.3 Å². The molecule has 2 aromatic rings. The zero-order valence-corrected chi connectivity index (χ0v) is 15.2. The summed E-state index contributed by atoms with van der Waals surface area (Å²) in [4.78, 5) is 21.7. The molecule has 0 aromatic carbocycles. The number of hydrogen-bond acceptors (Lipinski definition) is 7. The van der Waals surface area contributed by atoms with Crippen LogP contribution in [0.1, 0.15) is 30.9 Å². The zero-order chi connectivity index (χ0) is 20.0. The molecule has 1 saturated heterocycles. The Morgan fingerprint density at radius 2 is 2.21 bits per heavy atom. The first-order valence-corrected chi connectivity index (χ1v) is 8.80. The number of nitrogens with two attached hydrogens (primary N) is 1. The van der Waals surface area contributed by atoms with E-state index in [1.165, 1.54) is 12.5 Å². The highest BCUT2D eigenvalue weighted by molar-refractivity contribution is 5.94. The van der Waals surface area contributed by atoms with E-state index >= 15 is 0 Å². The normalized spacial score (nSPS) is 17.9. The molecule has 1 unspecified atom stereocenters. The molecule has 1 fully saturated rings. The molecule has 1 aliphatic rings. The predicted molar refractivity (Wildman–Crippen MR) is 105 cm³/mol. The lowest BCUT2D eigenvalue weighted by atomic mass is 9.85. The molecular weight excluding hydrogens is 356 g/mol. The van der Waals surface area contributed by atoms with Gasteiger partial charge in [0.05, 0.1) is 29.6 Å². The van der Waals surface area contributed by atoms with Gasteiger partial charge in [0.1, 0.15) is 12.0 Å². The Morgan fingerprint density at radius 1 is 1.43 bits per heavy atom. The number of aromatic amines is 1. The van der Waals surface area contributed by atoms with Gasteiger partial charge < -0.3 is 21.0 Å². The maximum Gasteiger partial charge on any atom is 0.209 e. The van der Waals surface area contributed by atoms with Crippen molar-refractivity contribution in [3.05, 3.63) is 24.3 Å². The Labute approximate surface area is 161 Å². The van der Waals surface area contributed by atoms with Crippen LogP contribution in [0.5, 0.6) is 0 Å². The van der Waals surface area contributed by atoms with Gasteiger partial charge in [-0.15, -0.1) is 4.99 Å². The molecule has 4 N–H and O–H groups in total.